The van der Waals surface area contributed by atoms with E-state index in [0.717, 1.165) is 36.9 Å². The van der Waals surface area contributed by atoms with Gasteiger partial charge in [0.05, 0.1) is 6.54 Å². The molecule has 1 saturated heterocycles. The van der Waals surface area contributed by atoms with E-state index in [1.54, 1.807) is 0 Å². The van der Waals surface area contributed by atoms with Gasteiger partial charge in [-0.15, -0.1) is 0 Å². The molecule has 0 bridgehead atoms. The molecule has 126 valence electrons. The van der Waals surface area contributed by atoms with E-state index in [-0.39, 0.29) is 0 Å². The highest BCUT2D eigenvalue weighted by atomic mass is 16.5. The SMILES string of the molecule is Cc1ccc2oc(-c3noc(CN(C)C4CCNCC4)n3)cc2c1. The van der Waals surface area contributed by atoms with Crippen molar-refractivity contribution in [2.45, 2.75) is 32.4 Å². The Balaban J connectivity index is 1.50. The molecule has 0 saturated carbocycles. The molecular formula is C18H22N4O2. The van der Waals surface area contributed by atoms with Crippen molar-refractivity contribution in [2.75, 3.05) is 20.1 Å². The third-order valence-corrected chi connectivity index (χ3v) is 4.68. The number of aromatic nitrogens is 2. The molecule has 0 aliphatic carbocycles. The third-order valence-electron chi connectivity index (χ3n) is 4.68. The van der Waals surface area contributed by atoms with Gasteiger partial charge in [0.25, 0.3) is 0 Å². The van der Waals surface area contributed by atoms with Gasteiger partial charge in [-0.3, -0.25) is 4.90 Å². The Morgan fingerprint density at radius 3 is 2.92 bits per heavy atom. The fraction of sp³-hybridized carbons (Fsp3) is 0.444. The van der Waals surface area contributed by atoms with E-state index in [2.05, 4.69) is 40.4 Å². The number of hydrogen-bond acceptors (Lipinski definition) is 6. The van der Waals surface area contributed by atoms with E-state index in [4.69, 9.17) is 8.94 Å². The normalized spacial score (nSPS) is 16.3. The average molecular weight is 326 g/mol. The molecule has 6 nitrogen and oxygen atoms in total. The molecule has 1 aliphatic rings. The van der Waals surface area contributed by atoms with Crippen LogP contribution in [0, 0.1) is 6.92 Å². The number of piperidine rings is 1. The quantitative estimate of drug-likeness (QED) is 0.795. The van der Waals surface area contributed by atoms with Crippen molar-refractivity contribution >= 4 is 11.0 Å². The van der Waals surface area contributed by atoms with Crippen molar-refractivity contribution < 1.29 is 8.94 Å². The molecule has 1 N–H and O–H groups in total. The van der Waals surface area contributed by atoms with E-state index in [9.17, 15) is 0 Å². The largest absolute Gasteiger partial charge is 0.453 e. The van der Waals surface area contributed by atoms with Crippen LogP contribution in [0.25, 0.3) is 22.6 Å². The molecule has 3 heterocycles. The van der Waals surface area contributed by atoms with Gasteiger partial charge in [-0.05, 0) is 58.1 Å². The molecule has 1 aliphatic heterocycles. The summed E-state index contributed by atoms with van der Waals surface area (Å²) in [7, 11) is 2.11. The van der Waals surface area contributed by atoms with Crippen molar-refractivity contribution in [1.82, 2.24) is 20.4 Å². The second-order valence-electron chi connectivity index (χ2n) is 6.56. The van der Waals surface area contributed by atoms with Crippen LogP contribution in [-0.4, -0.2) is 41.2 Å². The first kappa shape index (κ1) is 15.4. The number of rotatable bonds is 4. The molecule has 1 fully saturated rings. The molecule has 0 spiro atoms. The third kappa shape index (κ3) is 3.07. The van der Waals surface area contributed by atoms with E-state index in [1.807, 2.05) is 18.2 Å². The van der Waals surface area contributed by atoms with Gasteiger partial charge in [0, 0.05) is 11.4 Å². The predicted octanol–water partition coefficient (Wildman–Crippen LogP) is 2.98. The van der Waals surface area contributed by atoms with Gasteiger partial charge in [0.1, 0.15) is 5.58 Å². The van der Waals surface area contributed by atoms with E-state index >= 15 is 0 Å². The van der Waals surface area contributed by atoms with Gasteiger partial charge in [0.15, 0.2) is 5.76 Å². The number of benzene rings is 1. The maximum absolute atomic E-state index is 5.84. The minimum Gasteiger partial charge on any atom is -0.453 e. The van der Waals surface area contributed by atoms with Gasteiger partial charge in [0.2, 0.25) is 11.7 Å². The number of hydrogen-bond donors (Lipinski definition) is 1. The lowest BCUT2D eigenvalue weighted by atomic mass is 10.1. The molecule has 2 aromatic heterocycles. The number of furan rings is 1. The Morgan fingerprint density at radius 2 is 2.08 bits per heavy atom. The lowest BCUT2D eigenvalue weighted by Crippen LogP contribution is -2.40. The van der Waals surface area contributed by atoms with Crippen LogP contribution < -0.4 is 5.32 Å². The monoisotopic (exact) mass is 326 g/mol. The smallest absolute Gasteiger partial charge is 0.241 e. The molecule has 1 aromatic carbocycles. The molecule has 0 unspecified atom stereocenters. The number of fused-ring (bicyclic) bond motifs is 1. The Kier molecular flexibility index (Phi) is 4.08. The zero-order valence-corrected chi connectivity index (χ0v) is 14.1. The molecule has 0 amide bonds. The highest BCUT2D eigenvalue weighted by Crippen LogP contribution is 2.27. The van der Waals surface area contributed by atoms with Gasteiger partial charge in [-0.1, -0.05) is 16.8 Å². The van der Waals surface area contributed by atoms with E-state index in [0.29, 0.717) is 30.1 Å². The fourth-order valence-corrected chi connectivity index (χ4v) is 3.28. The average Bonchev–Trinajstić information content (AvgIpc) is 3.21. The van der Waals surface area contributed by atoms with Crippen LogP contribution in [0.3, 0.4) is 0 Å². The number of nitrogens with one attached hydrogen (secondary N) is 1. The molecule has 24 heavy (non-hydrogen) atoms. The maximum atomic E-state index is 5.84. The summed E-state index contributed by atoms with van der Waals surface area (Å²) >= 11 is 0. The van der Waals surface area contributed by atoms with Gasteiger partial charge >= 0.3 is 0 Å². The number of aryl methyl sites for hydroxylation is 1. The van der Waals surface area contributed by atoms with Gasteiger partial charge < -0.3 is 14.3 Å². The Bertz CT molecular complexity index is 833. The summed E-state index contributed by atoms with van der Waals surface area (Å²) in [5, 5.41) is 8.53. The first-order chi connectivity index (χ1) is 11.7. The van der Waals surface area contributed by atoms with Crippen LogP contribution in [0.15, 0.2) is 33.2 Å². The van der Waals surface area contributed by atoms with Crippen molar-refractivity contribution in [3.63, 3.8) is 0 Å². The summed E-state index contributed by atoms with van der Waals surface area (Å²) in [5.74, 6) is 1.79. The fourth-order valence-electron chi connectivity index (χ4n) is 3.28. The summed E-state index contributed by atoms with van der Waals surface area (Å²) in [6.45, 7) is 4.87. The Hall–Kier alpha value is -2.18. The molecule has 3 aromatic rings. The molecule has 0 atom stereocenters. The summed E-state index contributed by atoms with van der Waals surface area (Å²) < 4.78 is 11.3. The zero-order chi connectivity index (χ0) is 16.5. The van der Waals surface area contributed by atoms with Crippen molar-refractivity contribution in [3.05, 3.63) is 35.7 Å². The zero-order valence-electron chi connectivity index (χ0n) is 14.1. The summed E-state index contributed by atoms with van der Waals surface area (Å²) in [6, 6.07) is 8.63. The first-order valence-electron chi connectivity index (χ1n) is 8.43. The molecule has 6 heteroatoms. The topological polar surface area (TPSA) is 67.3 Å². The molecule has 0 radical (unpaired) electrons. The maximum Gasteiger partial charge on any atom is 0.241 e. The summed E-state index contributed by atoms with van der Waals surface area (Å²) in [4.78, 5) is 6.80. The van der Waals surface area contributed by atoms with Crippen molar-refractivity contribution in [3.8, 4) is 11.6 Å². The Labute approximate surface area is 140 Å². The molecule has 4 rings (SSSR count). The lowest BCUT2D eigenvalue weighted by molar-refractivity contribution is 0.171. The second-order valence-corrected chi connectivity index (χ2v) is 6.56. The molecular weight excluding hydrogens is 304 g/mol. The highest BCUT2D eigenvalue weighted by Gasteiger charge is 2.20. The minimum atomic E-state index is 0.512. The lowest BCUT2D eigenvalue weighted by Gasteiger charge is -2.30. The van der Waals surface area contributed by atoms with E-state index in [1.165, 1.54) is 5.56 Å². The Morgan fingerprint density at radius 1 is 1.25 bits per heavy atom. The highest BCUT2D eigenvalue weighted by molar-refractivity contribution is 5.82. The van der Waals surface area contributed by atoms with Crippen LogP contribution in [0.2, 0.25) is 0 Å². The number of nitrogens with zero attached hydrogens (tertiary/aromatic N) is 3. The van der Waals surface area contributed by atoms with Crippen molar-refractivity contribution in [2.24, 2.45) is 0 Å². The van der Waals surface area contributed by atoms with Crippen LogP contribution in [0.1, 0.15) is 24.3 Å². The summed E-state index contributed by atoms with van der Waals surface area (Å²) in [5.41, 5.74) is 2.04. The van der Waals surface area contributed by atoms with Crippen LogP contribution >= 0.6 is 0 Å². The summed E-state index contributed by atoms with van der Waals surface area (Å²) in [6.07, 6.45) is 2.31. The first-order valence-corrected chi connectivity index (χ1v) is 8.43. The standard InChI is InChI=1S/C18H22N4O2/c1-12-3-4-15-13(9-12)10-16(23-15)18-20-17(24-21-18)11-22(2)14-5-7-19-8-6-14/h3-4,9-10,14,19H,5-8,11H2,1-2H3. The van der Waals surface area contributed by atoms with E-state index < -0.39 is 0 Å². The predicted molar refractivity (Wildman–Crippen MR) is 91.6 cm³/mol. The van der Waals surface area contributed by atoms with Crippen LogP contribution in [0.5, 0.6) is 0 Å². The van der Waals surface area contributed by atoms with Gasteiger partial charge in [-0.25, -0.2) is 0 Å². The van der Waals surface area contributed by atoms with Crippen LogP contribution in [-0.2, 0) is 6.54 Å². The second kappa shape index (κ2) is 6.37. The van der Waals surface area contributed by atoms with Gasteiger partial charge in [-0.2, -0.15) is 4.98 Å². The van der Waals surface area contributed by atoms with Crippen LogP contribution in [0.4, 0.5) is 0 Å². The minimum absolute atomic E-state index is 0.512. The van der Waals surface area contributed by atoms with Crippen molar-refractivity contribution in [1.29, 1.82) is 0 Å².